The molecule has 0 saturated carbocycles. The molecule has 1 heterocycles. The Bertz CT molecular complexity index is 1310. The number of hydrogen-bond donors (Lipinski definition) is 1. The molecule has 0 bridgehead atoms. The number of rotatable bonds is 7. The molecular weight excluding hydrogens is 531 g/mol. The SMILES string of the molecule is O=C(Nc1cc(Cl)ccc1Oc1ccccc1)C1CCN(S(=O)(=O)Cc2ccc(Cl)c(Cl)c2)CC1. The van der Waals surface area contributed by atoms with Crippen molar-refractivity contribution in [3.05, 3.63) is 87.4 Å². The second-order valence-electron chi connectivity index (χ2n) is 8.22. The van der Waals surface area contributed by atoms with Crippen LogP contribution in [-0.4, -0.2) is 31.7 Å². The highest BCUT2D eigenvalue weighted by Crippen LogP contribution is 2.33. The number of amides is 1. The van der Waals surface area contributed by atoms with Crippen LogP contribution in [0.2, 0.25) is 15.1 Å². The van der Waals surface area contributed by atoms with Gasteiger partial charge in [-0.25, -0.2) is 12.7 Å². The number of halogens is 3. The van der Waals surface area contributed by atoms with E-state index in [1.807, 2.05) is 30.3 Å². The van der Waals surface area contributed by atoms with E-state index in [2.05, 4.69) is 5.32 Å². The average Bonchev–Trinajstić information content (AvgIpc) is 2.84. The molecule has 3 aromatic rings. The van der Waals surface area contributed by atoms with Gasteiger partial charge in [-0.2, -0.15) is 0 Å². The van der Waals surface area contributed by atoms with Crippen LogP contribution in [0.15, 0.2) is 66.7 Å². The van der Waals surface area contributed by atoms with Crippen molar-refractivity contribution in [2.45, 2.75) is 18.6 Å². The molecule has 184 valence electrons. The quantitative estimate of drug-likeness (QED) is 0.357. The second-order valence-corrected chi connectivity index (χ2v) is 11.4. The van der Waals surface area contributed by atoms with Gasteiger partial charge in [-0.05, 0) is 60.9 Å². The van der Waals surface area contributed by atoms with Gasteiger partial charge in [0, 0.05) is 24.0 Å². The maximum Gasteiger partial charge on any atom is 0.227 e. The number of carbonyl (C=O) groups excluding carboxylic acids is 1. The summed E-state index contributed by atoms with van der Waals surface area (Å²) in [4.78, 5) is 13.0. The van der Waals surface area contributed by atoms with Gasteiger partial charge in [0.05, 0.1) is 21.5 Å². The smallest absolute Gasteiger partial charge is 0.227 e. The Morgan fingerprint density at radius 1 is 0.943 bits per heavy atom. The van der Waals surface area contributed by atoms with Crippen molar-refractivity contribution < 1.29 is 17.9 Å². The van der Waals surface area contributed by atoms with Gasteiger partial charge < -0.3 is 10.1 Å². The summed E-state index contributed by atoms with van der Waals surface area (Å²) in [6, 6.07) is 19.0. The summed E-state index contributed by atoms with van der Waals surface area (Å²) in [5.74, 6) is 0.381. The third-order valence-corrected chi connectivity index (χ3v) is 8.55. The Morgan fingerprint density at radius 3 is 2.34 bits per heavy atom. The number of nitrogens with zero attached hydrogens (tertiary/aromatic N) is 1. The number of para-hydroxylation sites is 1. The molecule has 1 N–H and O–H groups in total. The van der Waals surface area contributed by atoms with E-state index in [-0.39, 0.29) is 30.7 Å². The molecule has 0 radical (unpaired) electrons. The van der Waals surface area contributed by atoms with Crippen molar-refractivity contribution in [1.82, 2.24) is 4.31 Å². The van der Waals surface area contributed by atoms with E-state index < -0.39 is 10.0 Å². The number of benzene rings is 3. The number of nitrogens with one attached hydrogen (secondary N) is 1. The van der Waals surface area contributed by atoms with Crippen molar-refractivity contribution in [3.63, 3.8) is 0 Å². The number of sulfonamides is 1. The minimum absolute atomic E-state index is 0.177. The van der Waals surface area contributed by atoms with E-state index in [0.717, 1.165) is 0 Å². The van der Waals surface area contributed by atoms with E-state index in [4.69, 9.17) is 39.5 Å². The standard InChI is InChI=1S/C25H23Cl3N2O4S/c26-19-7-9-24(34-20-4-2-1-3-5-20)23(15-19)29-25(31)18-10-12-30(13-11-18)35(32,33)16-17-6-8-21(27)22(28)14-17/h1-9,14-15,18H,10-13,16H2,(H,29,31). The summed E-state index contributed by atoms with van der Waals surface area (Å²) in [5.41, 5.74) is 1.02. The Labute approximate surface area is 219 Å². The number of hydrogen-bond acceptors (Lipinski definition) is 4. The Kier molecular flexibility index (Phi) is 8.24. The van der Waals surface area contributed by atoms with Crippen molar-refractivity contribution in [1.29, 1.82) is 0 Å². The van der Waals surface area contributed by atoms with Gasteiger partial charge >= 0.3 is 0 Å². The summed E-state index contributed by atoms with van der Waals surface area (Å²) in [7, 11) is -3.56. The van der Waals surface area contributed by atoms with E-state index in [1.54, 1.807) is 36.4 Å². The monoisotopic (exact) mass is 552 g/mol. The van der Waals surface area contributed by atoms with Gasteiger partial charge in [-0.3, -0.25) is 4.79 Å². The van der Waals surface area contributed by atoms with Crippen molar-refractivity contribution in [2.24, 2.45) is 5.92 Å². The van der Waals surface area contributed by atoms with Crippen molar-refractivity contribution >= 4 is 56.4 Å². The highest BCUT2D eigenvalue weighted by molar-refractivity contribution is 7.88. The number of carbonyl (C=O) groups is 1. The molecule has 1 saturated heterocycles. The fourth-order valence-electron chi connectivity index (χ4n) is 3.87. The molecular formula is C25H23Cl3N2O4S. The van der Waals surface area contributed by atoms with Crippen LogP contribution in [0.4, 0.5) is 5.69 Å². The molecule has 0 unspecified atom stereocenters. The molecule has 10 heteroatoms. The Balaban J connectivity index is 1.38. The van der Waals surface area contributed by atoms with Gasteiger partial charge in [-0.1, -0.05) is 59.1 Å². The molecule has 0 spiro atoms. The highest BCUT2D eigenvalue weighted by atomic mass is 35.5. The molecule has 6 nitrogen and oxygen atoms in total. The summed E-state index contributed by atoms with van der Waals surface area (Å²) < 4.78 is 33.1. The fraction of sp³-hybridized carbons (Fsp3) is 0.240. The van der Waals surface area contributed by atoms with Crippen LogP contribution >= 0.6 is 34.8 Å². The van der Waals surface area contributed by atoms with Crippen LogP contribution in [0.3, 0.4) is 0 Å². The third kappa shape index (κ3) is 6.68. The number of anilines is 1. The minimum atomic E-state index is -3.56. The van der Waals surface area contributed by atoms with Crippen LogP contribution in [0.1, 0.15) is 18.4 Å². The molecule has 0 aliphatic carbocycles. The van der Waals surface area contributed by atoms with Gasteiger partial charge in [0.1, 0.15) is 5.75 Å². The van der Waals surface area contributed by atoms with Crippen LogP contribution in [0, 0.1) is 5.92 Å². The first-order valence-corrected chi connectivity index (χ1v) is 13.7. The average molecular weight is 554 g/mol. The lowest BCUT2D eigenvalue weighted by atomic mass is 9.97. The molecule has 4 rings (SSSR count). The zero-order valence-corrected chi connectivity index (χ0v) is 21.7. The summed E-state index contributed by atoms with van der Waals surface area (Å²) in [6.07, 6.45) is 0.809. The Morgan fingerprint density at radius 2 is 1.66 bits per heavy atom. The van der Waals surface area contributed by atoms with E-state index >= 15 is 0 Å². The number of ether oxygens (including phenoxy) is 1. The van der Waals surface area contributed by atoms with E-state index in [9.17, 15) is 13.2 Å². The second kappa shape index (κ2) is 11.2. The summed E-state index contributed by atoms with van der Waals surface area (Å²) in [5, 5.41) is 4.05. The largest absolute Gasteiger partial charge is 0.455 e. The topological polar surface area (TPSA) is 75.7 Å². The predicted molar refractivity (Wildman–Crippen MR) is 140 cm³/mol. The van der Waals surface area contributed by atoms with Crippen LogP contribution < -0.4 is 10.1 Å². The summed E-state index contributed by atoms with van der Waals surface area (Å²) in [6.45, 7) is 0.509. The summed E-state index contributed by atoms with van der Waals surface area (Å²) >= 11 is 18.1. The predicted octanol–water partition coefficient (Wildman–Crippen LogP) is 6.62. The maximum absolute atomic E-state index is 13.0. The lowest BCUT2D eigenvalue weighted by molar-refractivity contribution is -0.120. The molecule has 0 atom stereocenters. The van der Waals surface area contributed by atoms with Gasteiger partial charge in [0.25, 0.3) is 0 Å². The first-order valence-electron chi connectivity index (χ1n) is 11.0. The lowest BCUT2D eigenvalue weighted by Gasteiger charge is -2.30. The first kappa shape index (κ1) is 25.8. The molecule has 0 aromatic heterocycles. The third-order valence-electron chi connectivity index (χ3n) is 5.72. The first-order chi connectivity index (χ1) is 16.7. The van der Waals surface area contributed by atoms with Crippen LogP contribution in [-0.2, 0) is 20.6 Å². The van der Waals surface area contributed by atoms with Gasteiger partial charge in [-0.15, -0.1) is 0 Å². The Hall–Kier alpha value is -2.29. The fourth-order valence-corrected chi connectivity index (χ4v) is 5.91. The van der Waals surface area contributed by atoms with Crippen molar-refractivity contribution in [2.75, 3.05) is 18.4 Å². The molecule has 1 aliphatic rings. The van der Waals surface area contributed by atoms with E-state index in [0.29, 0.717) is 50.7 Å². The normalized spacial score (nSPS) is 15.1. The van der Waals surface area contributed by atoms with Gasteiger partial charge in [0.2, 0.25) is 15.9 Å². The zero-order chi connectivity index (χ0) is 25.0. The highest BCUT2D eigenvalue weighted by Gasteiger charge is 2.31. The lowest BCUT2D eigenvalue weighted by Crippen LogP contribution is -2.41. The van der Waals surface area contributed by atoms with E-state index in [1.165, 1.54) is 4.31 Å². The van der Waals surface area contributed by atoms with Gasteiger partial charge in [0.15, 0.2) is 5.75 Å². The molecule has 35 heavy (non-hydrogen) atoms. The molecule has 1 amide bonds. The van der Waals surface area contributed by atoms with Crippen molar-refractivity contribution in [3.8, 4) is 11.5 Å². The molecule has 1 aliphatic heterocycles. The minimum Gasteiger partial charge on any atom is -0.455 e. The molecule has 3 aromatic carbocycles. The zero-order valence-electron chi connectivity index (χ0n) is 18.6. The number of piperidine rings is 1. The molecule has 1 fully saturated rings. The van der Waals surface area contributed by atoms with Crippen LogP contribution in [0.25, 0.3) is 0 Å². The van der Waals surface area contributed by atoms with Crippen LogP contribution in [0.5, 0.6) is 11.5 Å². The maximum atomic E-state index is 13.0.